The van der Waals surface area contributed by atoms with Crippen LogP contribution in [0.3, 0.4) is 0 Å². The van der Waals surface area contributed by atoms with Crippen molar-refractivity contribution < 1.29 is 18.7 Å². The summed E-state index contributed by atoms with van der Waals surface area (Å²) in [4.78, 5) is 24.4. The van der Waals surface area contributed by atoms with Gasteiger partial charge in [-0.15, -0.1) is 0 Å². The van der Waals surface area contributed by atoms with Crippen molar-refractivity contribution >= 4 is 11.9 Å². The first-order chi connectivity index (χ1) is 13.6. The van der Waals surface area contributed by atoms with Crippen molar-refractivity contribution in [1.29, 1.82) is 0 Å². The quantitative estimate of drug-likeness (QED) is 0.642. The van der Waals surface area contributed by atoms with Gasteiger partial charge in [-0.05, 0) is 41.0 Å². The molecule has 3 aromatic rings. The van der Waals surface area contributed by atoms with Crippen molar-refractivity contribution in [3.63, 3.8) is 0 Å². The molecular formula is C23H20FNO3. The molecule has 0 radical (unpaired) electrons. The summed E-state index contributed by atoms with van der Waals surface area (Å²) in [5.41, 5.74) is 3.16. The fourth-order valence-corrected chi connectivity index (χ4v) is 2.88. The summed E-state index contributed by atoms with van der Waals surface area (Å²) >= 11 is 0. The molecule has 0 aliphatic carbocycles. The van der Waals surface area contributed by atoms with Crippen LogP contribution in [-0.4, -0.2) is 19.0 Å². The zero-order valence-corrected chi connectivity index (χ0v) is 15.4. The molecule has 3 rings (SSSR count). The molecule has 0 aliphatic rings. The summed E-state index contributed by atoms with van der Waals surface area (Å²) in [5.74, 6) is -1.17. The molecule has 0 spiro atoms. The normalized spacial score (nSPS) is 11.5. The minimum atomic E-state index is -0.616. The first kappa shape index (κ1) is 19.3. The number of carbonyl (C=O) groups excluding carboxylic acids is 2. The van der Waals surface area contributed by atoms with Crippen LogP contribution in [0.2, 0.25) is 0 Å². The van der Waals surface area contributed by atoms with Crippen LogP contribution in [-0.2, 0) is 9.53 Å². The summed E-state index contributed by atoms with van der Waals surface area (Å²) in [5, 5.41) is 2.83. The highest BCUT2D eigenvalue weighted by molar-refractivity contribution is 5.95. The first-order valence-electron chi connectivity index (χ1n) is 8.85. The van der Waals surface area contributed by atoms with Gasteiger partial charge in [0.05, 0.1) is 19.6 Å². The number of benzene rings is 3. The number of ether oxygens (including phenoxy) is 1. The van der Waals surface area contributed by atoms with Gasteiger partial charge >= 0.3 is 5.97 Å². The number of nitrogens with one attached hydrogen (secondary N) is 1. The Morgan fingerprint density at radius 1 is 0.893 bits per heavy atom. The van der Waals surface area contributed by atoms with E-state index in [0.29, 0.717) is 11.1 Å². The molecule has 28 heavy (non-hydrogen) atoms. The number of carbonyl (C=O) groups is 2. The van der Waals surface area contributed by atoms with Gasteiger partial charge < -0.3 is 10.1 Å². The molecule has 1 amide bonds. The van der Waals surface area contributed by atoms with E-state index in [0.717, 1.165) is 11.1 Å². The van der Waals surface area contributed by atoms with Crippen molar-refractivity contribution in [2.45, 2.75) is 12.5 Å². The van der Waals surface area contributed by atoms with Crippen LogP contribution in [0.4, 0.5) is 4.39 Å². The third kappa shape index (κ3) is 4.82. The molecule has 0 saturated carbocycles. The lowest BCUT2D eigenvalue weighted by molar-refractivity contribution is -0.141. The number of rotatable bonds is 6. The van der Waals surface area contributed by atoms with E-state index in [9.17, 15) is 14.0 Å². The molecule has 1 N–H and O–H groups in total. The summed E-state index contributed by atoms with van der Waals surface area (Å²) < 4.78 is 17.9. The van der Waals surface area contributed by atoms with E-state index in [2.05, 4.69) is 5.32 Å². The van der Waals surface area contributed by atoms with E-state index in [4.69, 9.17) is 4.74 Å². The Morgan fingerprint density at radius 3 is 2.11 bits per heavy atom. The topological polar surface area (TPSA) is 55.4 Å². The van der Waals surface area contributed by atoms with Crippen LogP contribution >= 0.6 is 0 Å². The molecule has 5 heteroatoms. The monoisotopic (exact) mass is 377 g/mol. The Bertz CT molecular complexity index is 938. The van der Waals surface area contributed by atoms with Crippen molar-refractivity contribution in [3.05, 3.63) is 95.8 Å². The molecule has 142 valence electrons. The number of methoxy groups -OCH3 is 1. The lowest BCUT2D eigenvalue weighted by Gasteiger charge is -2.18. The maximum Gasteiger partial charge on any atom is 0.307 e. The Kier molecular flexibility index (Phi) is 6.17. The molecule has 1 atom stereocenters. The van der Waals surface area contributed by atoms with Crippen LogP contribution in [0.1, 0.15) is 28.4 Å². The SMILES string of the molecule is COC(=O)CC(NC(=O)c1ccc(-c2ccccc2)cc1)c1ccc(F)cc1. The van der Waals surface area contributed by atoms with Crippen molar-refractivity contribution in [1.82, 2.24) is 5.32 Å². The molecule has 0 aliphatic heterocycles. The van der Waals surface area contributed by atoms with Gasteiger partial charge in [0.25, 0.3) is 5.91 Å². The summed E-state index contributed by atoms with van der Waals surface area (Å²) in [7, 11) is 1.29. The predicted octanol–water partition coefficient (Wildman–Crippen LogP) is 4.53. The van der Waals surface area contributed by atoms with Gasteiger partial charge in [-0.2, -0.15) is 0 Å². The van der Waals surface area contributed by atoms with Crippen LogP contribution in [0.15, 0.2) is 78.9 Å². The van der Waals surface area contributed by atoms with E-state index < -0.39 is 12.0 Å². The minimum Gasteiger partial charge on any atom is -0.469 e. The van der Waals surface area contributed by atoms with E-state index in [1.807, 2.05) is 42.5 Å². The van der Waals surface area contributed by atoms with Crippen LogP contribution in [0.5, 0.6) is 0 Å². The van der Waals surface area contributed by atoms with Crippen LogP contribution in [0, 0.1) is 5.82 Å². The Morgan fingerprint density at radius 2 is 1.50 bits per heavy atom. The third-order valence-corrected chi connectivity index (χ3v) is 4.43. The van der Waals surface area contributed by atoms with E-state index in [1.54, 1.807) is 24.3 Å². The molecule has 3 aromatic carbocycles. The average molecular weight is 377 g/mol. The minimum absolute atomic E-state index is 0.0457. The van der Waals surface area contributed by atoms with Gasteiger partial charge in [0, 0.05) is 5.56 Å². The van der Waals surface area contributed by atoms with Crippen molar-refractivity contribution in [2.75, 3.05) is 7.11 Å². The summed E-state index contributed by atoms with van der Waals surface area (Å²) in [6, 6.07) is 22.1. The van der Waals surface area contributed by atoms with Gasteiger partial charge in [0.1, 0.15) is 5.82 Å². The highest BCUT2D eigenvalue weighted by Gasteiger charge is 2.20. The van der Waals surface area contributed by atoms with E-state index >= 15 is 0 Å². The van der Waals surface area contributed by atoms with E-state index in [1.165, 1.54) is 19.2 Å². The third-order valence-electron chi connectivity index (χ3n) is 4.43. The highest BCUT2D eigenvalue weighted by atomic mass is 19.1. The van der Waals surface area contributed by atoms with Gasteiger partial charge in [0.2, 0.25) is 0 Å². The van der Waals surface area contributed by atoms with Crippen molar-refractivity contribution in [3.8, 4) is 11.1 Å². The van der Waals surface area contributed by atoms with Crippen LogP contribution in [0.25, 0.3) is 11.1 Å². The zero-order valence-electron chi connectivity index (χ0n) is 15.4. The van der Waals surface area contributed by atoms with Crippen molar-refractivity contribution in [2.24, 2.45) is 0 Å². The zero-order chi connectivity index (χ0) is 19.9. The number of hydrogen-bond acceptors (Lipinski definition) is 3. The second-order valence-corrected chi connectivity index (χ2v) is 6.30. The number of hydrogen-bond donors (Lipinski definition) is 1. The van der Waals surface area contributed by atoms with Gasteiger partial charge in [-0.25, -0.2) is 4.39 Å². The largest absolute Gasteiger partial charge is 0.469 e. The lowest BCUT2D eigenvalue weighted by atomic mass is 10.0. The fraction of sp³-hybridized carbons (Fsp3) is 0.130. The highest BCUT2D eigenvalue weighted by Crippen LogP contribution is 2.21. The Hall–Kier alpha value is -3.47. The molecule has 0 bridgehead atoms. The molecule has 1 unspecified atom stereocenters. The summed E-state index contributed by atoms with van der Waals surface area (Å²) in [6.45, 7) is 0. The standard InChI is InChI=1S/C23H20FNO3/c1-28-22(26)15-21(18-11-13-20(24)14-12-18)25-23(27)19-9-7-17(8-10-19)16-5-3-2-4-6-16/h2-14,21H,15H2,1H3,(H,25,27). The van der Waals surface area contributed by atoms with Gasteiger partial charge in [-0.1, -0.05) is 54.6 Å². The molecule has 4 nitrogen and oxygen atoms in total. The molecular weight excluding hydrogens is 357 g/mol. The Balaban J connectivity index is 1.77. The lowest BCUT2D eigenvalue weighted by Crippen LogP contribution is -2.30. The molecule has 0 saturated heterocycles. The smallest absolute Gasteiger partial charge is 0.307 e. The number of esters is 1. The fourth-order valence-electron chi connectivity index (χ4n) is 2.88. The molecule has 0 aromatic heterocycles. The number of amides is 1. The maximum absolute atomic E-state index is 13.2. The average Bonchev–Trinajstić information content (AvgIpc) is 2.74. The number of halogens is 1. The molecule has 0 fully saturated rings. The second kappa shape index (κ2) is 8.95. The predicted molar refractivity (Wildman–Crippen MR) is 105 cm³/mol. The van der Waals surface area contributed by atoms with E-state index in [-0.39, 0.29) is 18.1 Å². The maximum atomic E-state index is 13.2. The van der Waals surface area contributed by atoms with Gasteiger partial charge in [0.15, 0.2) is 0 Å². The van der Waals surface area contributed by atoms with Gasteiger partial charge in [-0.3, -0.25) is 9.59 Å². The second-order valence-electron chi connectivity index (χ2n) is 6.30. The summed E-state index contributed by atoms with van der Waals surface area (Å²) in [6.07, 6.45) is -0.0457. The van der Waals surface area contributed by atoms with Crippen LogP contribution < -0.4 is 5.32 Å². The first-order valence-corrected chi connectivity index (χ1v) is 8.85. The Labute approximate surface area is 163 Å². The molecule has 0 heterocycles.